The second kappa shape index (κ2) is 8.76. The van der Waals surface area contributed by atoms with Crippen LogP contribution in [-0.4, -0.2) is 47.7 Å². The van der Waals surface area contributed by atoms with Crippen LogP contribution in [0.4, 0.5) is 0 Å². The molecule has 0 aromatic carbocycles. The molecule has 0 aromatic rings. The Kier molecular flexibility index (Phi) is 5.64. The van der Waals surface area contributed by atoms with E-state index in [1.54, 1.807) is 0 Å². The molecule has 0 fully saturated rings. The van der Waals surface area contributed by atoms with Crippen LogP contribution >= 0.6 is 30.9 Å². The summed E-state index contributed by atoms with van der Waals surface area (Å²) in [5, 5.41) is 8.59. The third-order valence-electron chi connectivity index (χ3n) is 1.46. The lowest BCUT2D eigenvalue weighted by molar-refractivity contribution is 0.218. The zero-order valence-corrected chi connectivity index (χ0v) is 10.4. The molecule has 0 aliphatic heterocycles. The van der Waals surface area contributed by atoms with E-state index in [0.717, 1.165) is 4.67 Å². The summed E-state index contributed by atoms with van der Waals surface area (Å²) < 4.78 is 46.6. The highest BCUT2D eigenvalue weighted by Crippen LogP contribution is 2.42. The van der Waals surface area contributed by atoms with Gasteiger partial charge in [0.05, 0.1) is 6.61 Å². The van der Waals surface area contributed by atoms with E-state index in [2.05, 4.69) is 0 Å². The van der Waals surface area contributed by atoms with Crippen LogP contribution in [0.1, 0.15) is 11.9 Å². The van der Waals surface area contributed by atoms with E-state index in [1.807, 2.05) is 0 Å². The van der Waals surface area contributed by atoms with Gasteiger partial charge in [0.2, 0.25) is 0 Å². The van der Waals surface area contributed by atoms with Crippen molar-refractivity contribution in [1.82, 2.24) is 4.67 Å². The predicted molar refractivity (Wildman–Crippen MR) is 62.5 cm³/mol. The van der Waals surface area contributed by atoms with Crippen LogP contribution in [-0.2, 0) is 9.09 Å². The van der Waals surface area contributed by atoms with Crippen molar-refractivity contribution in [1.29, 1.82) is 0 Å². The van der Waals surface area contributed by atoms with Crippen molar-refractivity contribution >= 4 is 30.9 Å². The largest absolute Gasteiger partial charge is 0.396 e. The maximum atomic E-state index is 12.1. The van der Waals surface area contributed by atoms with Crippen molar-refractivity contribution in [2.24, 2.45) is 5.50 Å². The van der Waals surface area contributed by atoms with Crippen molar-refractivity contribution in [3.8, 4) is 0 Å². The van der Waals surface area contributed by atoms with Gasteiger partial charge in [-0.1, -0.05) is 0 Å². The molecule has 0 saturated heterocycles. The maximum Gasteiger partial charge on any atom is 0.340 e. The van der Waals surface area contributed by atoms with E-state index in [4.69, 9.17) is 43.8 Å². The quantitative estimate of drug-likeness (QED) is 0.378. The van der Waals surface area contributed by atoms with Gasteiger partial charge in [0, 0.05) is 36.8 Å². The first kappa shape index (κ1) is 9.66. The van der Waals surface area contributed by atoms with Gasteiger partial charge in [0.1, 0.15) is 0 Å². The monoisotopic (exact) mass is 282 g/mol. The fraction of sp³-hybridized carbons (Fsp3) is 1.00. The number of alkyl halides is 2. The standard InChI is InChI=1S/C7H17Cl2N2O3P/c8-2-4-11(5-3-9)15(10,13)14-7-1-6-12/h12H,1-7H2,(H2,10,13)/i2D2,3D2. The molecule has 1 unspecified atom stereocenters. The third-order valence-corrected chi connectivity index (χ3v) is 3.32. The van der Waals surface area contributed by atoms with Crippen molar-refractivity contribution in [2.45, 2.75) is 6.42 Å². The molecule has 0 radical (unpaired) electrons. The molecule has 0 bridgehead atoms. The molecule has 0 aliphatic carbocycles. The van der Waals surface area contributed by atoms with Gasteiger partial charge in [-0.25, -0.2) is 10.2 Å². The highest BCUT2D eigenvalue weighted by Gasteiger charge is 2.25. The van der Waals surface area contributed by atoms with Crippen LogP contribution in [0.15, 0.2) is 0 Å². The lowest BCUT2D eigenvalue weighted by atomic mass is 10.5. The summed E-state index contributed by atoms with van der Waals surface area (Å²) in [6, 6.07) is 0. The summed E-state index contributed by atoms with van der Waals surface area (Å²) in [5.74, 6) is -4.53. The number of aliphatic hydroxyl groups excluding tert-OH is 1. The molecule has 0 rings (SSSR count). The Labute approximate surface area is 106 Å². The number of nitrogens with zero attached hydrogens (tertiary/aromatic N) is 1. The Morgan fingerprint density at radius 3 is 2.40 bits per heavy atom. The van der Waals surface area contributed by atoms with E-state index in [1.165, 1.54) is 0 Å². The van der Waals surface area contributed by atoms with Crippen LogP contribution in [0.3, 0.4) is 0 Å². The van der Waals surface area contributed by atoms with Gasteiger partial charge in [-0.2, -0.15) is 0 Å². The van der Waals surface area contributed by atoms with E-state index < -0.39 is 32.4 Å². The second-order valence-corrected chi connectivity index (χ2v) is 5.05. The minimum atomic E-state index is -3.95. The first-order valence-electron chi connectivity index (χ1n) is 6.15. The van der Waals surface area contributed by atoms with E-state index in [0.29, 0.717) is 0 Å². The number of hydrogen-bond donors (Lipinski definition) is 2. The zero-order valence-electron chi connectivity index (χ0n) is 12.0. The normalized spacial score (nSPS) is 21.4. The fourth-order valence-electron chi connectivity index (χ4n) is 0.733. The van der Waals surface area contributed by atoms with Gasteiger partial charge in [-0.3, -0.25) is 4.57 Å². The molecule has 5 nitrogen and oxygen atoms in total. The Morgan fingerprint density at radius 1 is 1.47 bits per heavy atom. The van der Waals surface area contributed by atoms with E-state index in [9.17, 15) is 4.57 Å². The minimum absolute atomic E-state index is 0.114. The zero-order chi connectivity index (χ0) is 15.3. The van der Waals surface area contributed by atoms with Gasteiger partial charge < -0.3 is 9.63 Å². The molecule has 0 spiro atoms. The first-order chi connectivity index (χ1) is 8.37. The number of halogens is 2. The molecule has 0 amide bonds. The smallest absolute Gasteiger partial charge is 0.340 e. The molecular formula is C7H17Cl2N2O3P. The molecule has 0 aliphatic rings. The summed E-state index contributed by atoms with van der Waals surface area (Å²) in [6.45, 7) is -1.54. The summed E-state index contributed by atoms with van der Waals surface area (Å²) in [5.41, 5.74) is 5.44. The number of aliphatic hydroxyl groups is 1. The van der Waals surface area contributed by atoms with Gasteiger partial charge in [0.25, 0.3) is 0 Å². The molecule has 3 N–H and O–H groups in total. The molecule has 15 heavy (non-hydrogen) atoms. The summed E-state index contributed by atoms with van der Waals surface area (Å²) in [7, 11) is -3.95. The molecule has 0 aromatic heterocycles. The molecule has 1 atom stereocenters. The van der Waals surface area contributed by atoms with Crippen LogP contribution in [0.25, 0.3) is 0 Å². The fourth-order valence-corrected chi connectivity index (χ4v) is 2.28. The van der Waals surface area contributed by atoms with E-state index >= 15 is 0 Å². The predicted octanol–water partition coefficient (Wildman–Crippen LogP) is 1.23. The SMILES string of the molecule is [2H]C([2H])(Cl)CN(CC([2H])([2H])Cl)P(N)(=O)OCCCO. The van der Waals surface area contributed by atoms with Gasteiger partial charge in [-0.05, 0) is 6.42 Å². The average molecular weight is 283 g/mol. The third kappa shape index (κ3) is 6.74. The second-order valence-electron chi connectivity index (χ2n) is 2.56. The molecule has 8 heteroatoms. The van der Waals surface area contributed by atoms with Crippen molar-refractivity contribution in [3.05, 3.63) is 0 Å². The molecule has 0 heterocycles. The maximum absolute atomic E-state index is 12.1. The van der Waals surface area contributed by atoms with Crippen molar-refractivity contribution in [3.63, 3.8) is 0 Å². The number of hydrogen-bond acceptors (Lipinski definition) is 3. The lowest BCUT2D eigenvalue weighted by Crippen LogP contribution is -2.29. The van der Waals surface area contributed by atoms with Crippen LogP contribution in [0.5, 0.6) is 0 Å². The summed E-state index contributed by atoms with van der Waals surface area (Å²) >= 11 is 10.8. The Hall–Kier alpha value is 0.650. The molecule has 0 saturated carbocycles. The lowest BCUT2D eigenvalue weighted by Gasteiger charge is -2.26. The van der Waals surface area contributed by atoms with E-state index in [-0.39, 0.29) is 19.6 Å². The van der Waals surface area contributed by atoms with Gasteiger partial charge >= 0.3 is 7.67 Å². The first-order valence-corrected chi connectivity index (χ1v) is 6.55. The number of rotatable bonds is 9. The van der Waals surface area contributed by atoms with Crippen LogP contribution in [0, 0.1) is 0 Å². The van der Waals surface area contributed by atoms with Crippen molar-refractivity contribution in [2.75, 3.05) is 38.0 Å². The highest BCUT2D eigenvalue weighted by molar-refractivity contribution is 7.53. The van der Waals surface area contributed by atoms with Crippen molar-refractivity contribution < 1.29 is 19.7 Å². The van der Waals surface area contributed by atoms with Crippen LogP contribution < -0.4 is 5.50 Å². The Bertz CT molecular complexity index is 310. The van der Waals surface area contributed by atoms with Gasteiger partial charge in [-0.15, -0.1) is 23.2 Å². The average Bonchev–Trinajstić information content (AvgIpc) is 2.12. The minimum Gasteiger partial charge on any atom is -0.396 e. The summed E-state index contributed by atoms with van der Waals surface area (Å²) in [4.78, 5) is 0. The Balaban J connectivity index is 4.84. The number of nitrogens with two attached hydrogens (primary N) is 1. The summed E-state index contributed by atoms with van der Waals surface area (Å²) in [6.07, 6.45) is 0.191. The highest BCUT2D eigenvalue weighted by atomic mass is 35.5. The van der Waals surface area contributed by atoms with Crippen LogP contribution in [0.2, 0.25) is 0 Å². The molecule has 92 valence electrons. The Morgan fingerprint density at radius 2 is 2.00 bits per heavy atom. The molecular weight excluding hydrogens is 262 g/mol. The topological polar surface area (TPSA) is 75.8 Å². The van der Waals surface area contributed by atoms with Gasteiger partial charge in [0.15, 0.2) is 0 Å².